The van der Waals surface area contributed by atoms with Gasteiger partial charge in [-0.1, -0.05) is 53.8 Å². The van der Waals surface area contributed by atoms with E-state index in [1.807, 2.05) is 30.3 Å². The second kappa shape index (κ2) is 7.85. The summed E-state index contributed by atoms with van der Waals surface area (Å²) in [6.45, 7) is 2.98. The average Bonchev–Trinajstić information content (AvgIpc) is 3.06. The first-order valence-corrected chi connectivity index (χ1v) is 9.77. The number of thiazole rings is 1. The fourth-order valence-electron chi connectivity index (χ4n) is 3.32. The van der Waals surface area contributed by atoms with Crippen molar-refractivity contribution in [2.24, 2.45) is 0 Å². The first-order chi connectivity index (χ1) is 12.8. The van der Waals surface area contributed by atoms with E-state index in [-0.39, 0.29) is 12.1 Å². The normalized spacial score (nSPS) is 15.8. The Bertz CT molecular complexity index is 839. The van der Waals surface area contributed by atoms with Crippen molar-refractivity contribution in [2.45, 2.75) is 25.4 Å². The zero-order chi connectivity index (χ0) is 17.8. The summed E-state index contributed by atoms with van der Waals surface area (Å²) < 4.78 is 1.08. The Labute approximate surface area is 157 Å². The summed E-state index contributed by atoms with van der Waals surface area (Å²) >= 11 is 1.50. The number of hydrogen-bond acceptors (Lipinski definition) is 4. The van der Waals surface area contributed by atoms with Gasteiger partial charge < -0.3 is 5.32 Å². The first kappa shape index (κ1) is 17.0. The monoisotopic (exact) mass is 366 g/mol. The van der Waals surface area contributed by atoms with Crippen molar-refractivity contribution in [2.75, 3.05) is 18.4 Å². The quantitative estimate of drug-likeness (QED) is 0.731. The van der Waals surface area contributed by atoms with E-state index in [0.29, 0.717) is 5.13 Å². The van der Waals surface area contributed by atoms with Gasteiger partial charge in [0.25, 0.3) is 0 Å². The van der Waals surface area contributed by atoms with E-state index < -0.39 is 0 Å². The van der Waals surface area contributed by atoms with Crippen LogP contribution >= 0.6 is 11.3 Å². The van der Waals surface area contributed by atoms with Crippen LogP contribution in [0.4, 0.5) is 9.93 Å². The van der Waals surface area contributed by atoms with E-state index in [9.17, 15) is 4.79 Å². The van der Waals surface area contributed by atoms with Crippen LogP contribution < -0.4 is 10.6 Å². The highest BCUT2D eigenvalue weighted by Gasteiger charge is 2.21. The first-order valence-electron chi connectivity index (χ1n) is 8.96. The third-order valence-corrected chi connectivity index (χ3v) is 5.64. The maximum Gasteiger partial charge on any atom is 0.321 e. The topological polar surface area (TPSA) is 57.3 Å². The predicted molar refractivity (Wildman–Crippen MR) is 107 cm³/mol. The molecule has 1 aliphatic heterocycles. The molecule has 1 saturated heterocycles. The van der Waals surface area contributed by atoms with Crippen molar-refractivity contribution >= 4 is 32.7 Å². The van der Waals surface area contributed by atoms with Gasteiger partial charge in [0.15, 0.2) is 5.13 Å². The van der Waals surface area contributed by atoms with Gasteiger partial charge in [-0.05, 0) is 30.5 Å². The standard InChI is InChI=1S/C20H22N4OS/c25-19(23-20-22-17-8-4-5-9-18(17)26-20)21-16-10-12-24(13-11-16)14-15-6-2-1-3-7-15/h1-9,16H,10-14H2,(H2,21,22,23,25). The van der Waals surface area contributed by atoms with Crippen LogP contribution in [-0.2, 0) is 6.54 Å². The number of aromatic nitrogens is 1. The molecule has 0 unspecified atom stereocenters. The Morgan fingerprint density at radius 3 is 2.58 bits per heavy atom. The summed E-state index contributed by atoms with van der Waals surface area (Å²) in [4.78, 5) is 19.1. The van der Waals surface area contributed by atoms with Crippen molar-refractivity contribution in [3.05, 3.63) is 60.2 Å². The van der Waals surface area contributed by atoms with Gasteiger partial charge in [-0.15, -0.1) is 0 Å². The molecule has 1 aliphatic rings. The third kappa shape index (κ3) is 4.20. The van der Waals surface area contributed by atoms with Crippen LogP contribution in [0.5, 0.6) is 0 Å². The van der Waals surface area contributed by atoms with Crippen LogP contribution in [-0.4, -0.2) is 35.0 Å². The van der Waals surface area contributed by atoms with Crippen molar-refractivity contribution in [3.8, 4) is 0 Å². The summed E-state index contributed by atoms with van der Waals surface area (Å²) in [6.07, 6.45) is 1.94. The number of carbonyl (C=O) groups excluding carboxylic acids is 1. The van der Waals surface area contributed by atoms with Gasteiger partial charge >= 0.3 is 6.03 Å². The molecule has 1 fully saturated rings. The van der Waals surface area contributed by atoms with Crippen molar-refractivity contribution in [1.82, 2.24) is 15.2 Å². The molecule has 5 nitrogen and oxygen atoms in total. The number of nitrogens with zero attached hydrogens (tertiary/aromatic N) is 2. The van der Waals surface area contributed by atoms with Gasteiger partial charge in [0.05, 0.1) is 10.2 Å². The summed E-state index contributed by atoms with van der Waals surface area (Å²) in [5.41, 5.74) is 2.26. The van der Waals surface area contributed by atoms with Crippen LogP contribution in [0.3, 0.4) is 0 Å². The number of hydrogen-bond donors (Lipinski definition) is 2. The molecule has 3 aromatic rings. The molecule has 26 heavy (non-hydrogen) atoms. The Balaban J connectivity index is 1.25. The minimum atomic E-state index is -0.162. The lowest BCUT2D eigenvalue weighted by atomic mass is 10.0. The number of para-hydroxylation sites is 1. The van der Waals surface area contributed by atoms with Crippen LogP contribution in [0.15, 0.2) is 54.6 Å². The molecular formula is C20H22N4OS. The maximum atomic E-state index is 12.3. The van der Waals surface area contributed by atoms with Gasteiger partial charge in [0, 0.05) is 25.7 Å². The van der Waals surface area contributed by atoms with Crippen LogP contribution in [0.1, 0.15) is 18.4 Å². The smallest absolute Gasteiger partial charge is 0.321 e. The summed E-state index contributed by atoms with van der Waals surface area (Å²) in [5, 5.41) is 6.60. The van der Waals surface area contributed by atoms with Crippen LogP contribution in [0, 0.1) is 0 Å². The third-order valence-electron chi connectivity index (χ3n) is 4.69. The van der Waals surface area contributed by atoms with Gasteiger partial charge in [0.1, 0.15) is 0 Å². The number of nitrogens with one attached hydrogen (secondary N) is 2. The lowest BCUT2D eigenvalue weighted by molar-refractivity contribution is 0.190. The second-order valence-electron chi connectivity index (χ2n) is 6.62. The maximum absolute atomic E-state index is 12.3. The minimum absolute atomic E-state index is 0.162. The fourth-order valence-corrected chi connectivity index (χ4v) is 4.18. The van der Waals surface area contributed by atoms with Crippen molar-refractivity contribution in [3.63, 3.8) is 0 Å². The van der Waals surface area contributed by atoms with Crippen molar-refractivity contribution < 1.29 is 4.79 Å². The van der Waals surface area contributed by atoms with Gasteiger partial charge in [-0.25, -0.2) is 9.78 Å². The molecule has 0 aliphatic carbocycles. The summed E-state index contributed by atoms with van der Waals surface area (Å²) in [6, 6.07) is 18.5. The predicted octanol–water partition coefficient (Wildman–Crippen LogP) is 4.08. The van der Waals surface area contributed by atoms with E-state index >= 15 is 0 Å². The Hall–Kier alpha value is -2.44. The molecule has 1 aromatic heterocycles. The van der Waals surface area contributed by atoms with Gasteiger partial charge in [-0.3, -0.25) is 10.2 Å². The van der Waals surface area contributed by atoms with Crippen LogP contribution in [0.2, 0.25) is 0 Å². The molecule has 0 bridgehead atoms. The molecule has 0 atom stereocenters. The number of rotatable bonds is 4. The van der Waals surface area contributed by atoms with E-state index in [1.54, 1.807) is 0 Å². The number of likely N-dealkylation sites (tertiary alicyclic amines) is 1. The lowest BCUT2D eigenvalue weighted by Crippen LogP contribution is -2.45. The molecule has 6 heteroatoms. The van der Waals surface area contributed by atoms with E-state index in [1.165, 1.54) is 16.9 Å². The highest BCUT2D eigenvalue weighted by atomic mass is 32.1. The lowest BCUT2D eigenvalue weighted by Gasteiger charge is -2.32. The number of fused-ring (bicyclic) bond motifs is 1. The Morgan fingerprint density at radius 2 is 1.81 bits per heavy atom. The average molecular weight is 366 g/mol. The van der Waals surface area contributed by atoms with E-state index in [2.05, 4.69) is 44.8 Å². The Morgan fingerprint density at radius 1 is 1.08 bits per heavy atom. The number of benzene rings is 2. The van der Waals surface area contributed by atoms with Gasteiger partial charge in [0.2, 0.25) is 0 Å². The molecule has 0 saturated carbocycles. The fraction of sp³-hybridized carbons (Fsp3) is 0.300. The number of piperidine rings is 1. The highest BCUT2D eigenvalue weighted by molar-refractivity contribution is 7.22. The molecule has 0 spiro atoms. The minimum Gasteiger partial charge on any atom is -0.335 e. The second-order valence-corrected chi connectivity index (χ2v) is 7.65. The van der Waals surface area contributed by atoms with Crippen LogP contribution in [0.25, 0.3) is 10.2 Å². The summed E-state index contributed by atoms with van der Waals surface area (Å²) in [5.74, 6) is 0. The summed E-state index contributed by atoms with van der Waals surface area (Å²) in [7, 11) is 0. The largest absolute Gasteiger partial charge is 0.335 e. The molecule has 2 aromatic carbocycles. The molecule has 2 heterocycles. The molecule has 134 valence electrons. The SMILES string of the molecule is O=C(Nc1nc2ccccc2s1)NC1CCN(Cc2ccccc2)CC1. The molecule has 0 radical (unpaired) electrons. The number of amides is 2. The van der Waals surface area contributed by atoms with Gasteiger partial charge in [-0.2, -0.15) is 0 Å². The number of carbonyl (C=O) groups is 1. The Kier molecular flexibility index (Phi) is 5.13. The number of anilines is 1. The molecular weight excluding hydrogens is 344 g/mol. The highest BCUT2D eigenvalue weighted by Crippen LogP contribution is 2.25. The molecule has 2 amide bonds. The number of urea groups is 1. The molecule has 4 rings (SSSR count). The van der Waals surface area contributed by atoms with Crippen molar-refractivity contribution in [1.29, 1.82) is 0 Å². The van der Waals surface area contributed by atoms with E-state index in [0.717, 1.165) is 42.7 Å². The zero-order valence-electron chi connectivity index (χ0n) is 14.5. The zero-order valence-corrected chi connectivity index (χ0v) is 15.3. The molecule has 2 N–H and O–H groups in total. The van der Waals surface area contributed by atoms with E-state index in [4.69, 9.17) is 0 Å².